The molecule has 170 valence electrons. The Balaban J connectivity index is 1.41. The number of nitrogens with zero attached hydrogens (tertiary/aromatic N) is 4. The number of nitrogens with one attached hydrogen (secondary N) is 3. The zero-order valence-corrected chi connectivity index (χ0v) is 19.6. The van der Waals surface area contributed by atoms with Crippen molar-refractivity contribution in [3.8, 4) is 0 Å². The van der Waals surface area contributed by atoms with Crippen LogP contribution in [0, 0.1) is 19.8 Å². The molecular weight excluding hydrogens is 437 g/mol. The lowest BCUT2D eigenvalue weighted by molar-refractivity contribution is 0.174. The van der Waals surface area contributed by atoms with Gasteiger partial charge in [-0.2, -0.15) is 5.10 Å². The molecule has 0 amide bonds. The van der Waals surface area contributed by atoms with E-state index in [0.29, 0.717) is 22.6 Å². The lowest BCUT2D eigenvalue weighted by Crippen LogP contribution is -2.31. The van der Waals surface area contributed by atoms with Gasteiger partial charge in [0.15, 0.2) is 11.0 Å². The Hall–Kier alpha value is -3.20. The van der Waals surface area contributed by atoms with Crippen LogP contribution in [-0.4, -0.2) is 37.4 Å². The van der Waals surface area contributed by atoms with Crippen molar-refractivity contribution < 1.29 is 4.39 Å². The molecule has 3 aromatic heterocycles. The monoisotopic (exact) mass is 463 g/mol. The molecule has 0 aliphatic heterocycles. The van der Waals surface area contributed by atoms with E-state index in [4.69, 9.17) is 0 Å². The number of hydrogen-bond donors (Lipinski definition) is 3. The molecule has 1 saturated carbocycles. The summed E-state index contributed by atoms with van der Waals surface area (Å²) in [5.74, 6) is 1.95. The highest BCUT2D eigenvalue weighted by Gasteiger charge is 2.41. The third-order valence-electron chi connectivity index (χ3n) is 5.72. The van der Waals surface area contributed by atoms with E-state index in [-0.39, 0.29) is 12.5 Å². The molecule has 1 aromatic carbocycles. The molecule has 1 atom stereocenters. The van der Waals surface area contributed by atoms with Crippen LogP contribution >= 0.6 is 11.8 Å². The summed E-state index contributed by atoms with van der Waals surface area (Å²) in [6.07, 6.45) is 1.89. The fraction of sp³-hybridized carbons (Fsp3) is 0.333. The second-order valence-electron chi connectivity index (χ2n) is 8.80. The number of benzene rings is 1. The normalized spacial score (nSPS) is 15.4. The van der Waals surface area contributed by atoms with Gasteiger partial charge in [-0.1, -0.05) is 6.07 Å². The average molecular weight is 464 g/mol. The maximum atomic E-state index is 14.9. The average Bonchev–Trinajstić information content (AvgIpc) is 3.56. The summed E-state index contributed by atoms with van der Waals surface area (Å²) in [5.41, 5.74) is 1.63. The van der Waals surface area contributed by atoms with Crippen molar-refractivity contribution in [3.05, 3.63) is 53.9 Å². The molecule has 0 spiro atoms. The topological polar surface area (TPSA) is 91.4 Å². The molecule has 4 aromatic rings. The number of aromatic amines is 1. The minimum absolute atomic E-state index is 0.125. The Labute approximate surface area is 196 Å². The van der Waals surface area contributed by atoms with Crippen molar-refractivity contribution in [1.82, 2.24) is 25.1 Å². The number of hydrogen-bond acceptors (Lipinski definition) is 7. The summed E-state index contributed by atoms with van der Waals surface area (Å²) >= 11 is 1.45. The highest BCUT2D eigenvalue weighted by molar-refractivity contribution is 7.99. The first-order chi connectivity index (χ1) is 15.8. The third kappa shape index (κ3) is 5.24. The number of rotatable bonds is 8. The lowest BCUT2D eigenvalue weighted by atomic mass is 10.0. The van der Waals surface area contributed by atoms with Crippen LogP contribution in [0.5, 0.6) is 0 Å². The molecule has 9 heteroatoms. The summed E-state index contributed by atoms with van der Waals surface area (Å²) in [5, 5.41) is 15.1. The molecule has 1 aliphatic rings. The van der Waals surface area contributed by atoms with Crippen LogP contribution in [0.2, 0.25) is 0 Å². The predicted octanol–water partition coefficient (Wildman–Crippen LogP) is 5.81. The van der Waals surface area contributed by atoms with Gasteiger partial charge in [-0.3, -0.25) is 10.1 Å². The molecule has 3 N–H and O–H groups in total. The van der Waals surface area contributed by atoms with E-state index < -0.39 is 5.67 Å². The molecule has 33 heavy (non-hydrogen) atoms. The Kier molecular flexibility index (Phi) is 5.65. The molecule has 1 unspecified atom stereocenters. The second-order valence-corrected chi connectivity index (χ2v) is 9.84. The van der Waals surface area contributed by atoms with Crippen LogP contribution in [0.1, 0.15) is 31.2 Å². The Bertz CT molecular complexity index is 1300. The molecule has 1 fully saturated rings. The van der Waals surface area contributed by atoms with E-state index in [9.17, 15) is 4.39 Å². The highest BCUT2D eigenvalue weighted by atomic mass is 32.2. The molecule has 5 rings (SSSR count). The molecular formula is C24H26FN7S. The second kappa shape index (κ2) is 8.62. The third-order valence-corrected chi connectivity index (χ3v) is 6.58. The summed E-state index contributed by atoms with van der Waals surface area (Å²) in [7, 11) is 0. The van der Waals surface area contributed by atoms with Crippen molar-refractivity contribution in [3.63, 3.8) is 0 Å². The van der Waals surface area contributed by atoms with E-state index in [2.05, 4.69) is 47.9 Å². The van der Waals surface area contributed by atoms with Gasteiger partial charge < -0.3 is 10.6 Å². The fourth-order valence-corrected chi connectivity index (χ4v) is 4.53. The van der Waals surface area contributed by atoms with Gasteiger partial charge in [0, 0.05) is 33.8 Å². The van der Waals surface area contributed by atoms with Gasteiger partial charge >= 0.3 is 0 Å². The Morgan fingerprint density at radius 2 is 1.85 bits per heavy atom. The summed E-state index contributed by atoms with van der Waals surface area (Å²) in [6, 6.07) is 13.8. The number of anilines is 3. The first-order valence-electron chi connectivity index (χ1n) is 11.0. The number of aryl methyl sites for hydroxylation is 2. The van der Waals surface area contributed by atoms with Gasteiger partial charge in [0.25, 0.3) is 0 Å². The molecule has 0 saturated heterocycles. The predicted molar refractivity (Wildman–Crippen MR) is 130 cm³/mol. The standard InChI is InChI=1S/C24H26FN7S/c1-14-4-5-16-11-18(8-9-19(16)27-14)33-23-29-20(26-13-24(3,25)17-6-7-17)12-21(30-23)28-22-10-15(2)31-32-22/h4-5,8-12,17H,6-7,13H2,1-3H3,(H3,26,28,29,30,31,32). The van der Waals surface area contributed by atoms with Crippen LogP contribution in [0.25, 0.3) is 10.9 Å². The van der Waals surface area contributed by atoms with Crippen LogP contribution in [0.15, 0.2) is 52.5 Å². The van der Waals surface area contributed by atoms with Crippen molar-refractivity contribution in [2.24, 2.45) is 5.92 Å². The molecule has 0 radical (unpaired) electrons. The maximum absolute atomic E-state index is 14.9. The van der Waals surface area contributed by atoms with Gasteiger partial charge in [0.05, 0.1) is 12.1 Å². The van der Waals surface area contributed by atoms with Gasteiger partial charge in [0.1, 0.15) is 17.3 Å². The lowest BCUT2D eigenvalue weighted by Gasteiger charge is -2.21. The van der Waals surface area contributed by atoms with Gasteiger partial charge in [-0.25, -0.2) is 14.4 Å². The van der Waals surface area contributed by atoms with E-state index >= 15 is 0 Å². The van der Waals surface area contributed by atoms with E-state index in [1.807, 2.05) is 38.1 Å². The van der Waals surface area contributed by atoms with Crippen LogP contribution in [-0.2, 0) is 0 Å². The van der Waals surface area contributed by atoms with E-state index in [0.717, 1.165) is 40.0 Å². The SMILES string of the molecule is Cc1ccc2cc(Sc3nc(NCC(C)(F)C4CC4)cc(Nc4cc(C)[nH]n4)n3)ccc2n1. The summed E-state index contributed by atoms with van der Waals surface area (Å²) in [6.45, 7) is 5.78. The molecule has 3 heterocycles. The number of pyridine rings is 1. The zero-order chi connectivity index (χ0) is 23.0. The highest BCUT2D eigenvalue weighted by Crippen LogP contribution is 2.42. The summed E-state index contributed by atoms with van der Waals surface area (Å²) < 4.78 is 14.9. The van der Waals surface area contributed by atoms with Crippen molar-refractivity contribution in [1.29, 1.82) is 0 Å². The van der Waals surface area contributed by atoms with Crippen LogP contribution < -0.4 is 10.6 Å². The fourth-order valence-electron chi connectivity index (χ4n) is 3.71. The van der Waals surface area contributed by atoms with Crippen LogP contribution in [0.4, 0.5) is 21.8 Å². The Morgan fingerprint density at radius 3 is 2.61 bits per heavy atom. The van der Waals surface area contributed by atoms with E-state index in [1.165, 1.54) is 11.8 Å². The van der Waals surface area contributed by atoms with Gasteiger partial charge in [-0.15, -0.1) is 0 Å². The van der Waals surface area contributed by atoms with E-state index in [1.54, 1.807) is 13.0 Å². The quantitative estimate of drug-likeness (QED) is 0.284. The Morgan fingerprint density at radius 1 is 1.03 bits per heavy atom. The minimum Gasteiger partial charge on any atom is -0.367 e. The number of fused-ring (bicyclic) bond motifs is 1. The van der Waals surface area contributed by atoms with Crippen molar-refractivity contribution in [2.45, 2.75) is 49.3 Å². The van der Waals surface area contributed by atoms with Crippen molar-refractivity contribution >= 4 is 40.1 Å². The zero-order valence-electron chi connectivity index (χ0n) is 18.8. The number of aromatic nitrogens is 5. The van der Waals surface area contributed by atoms with Crippen LogP contribution in [0.3, 0.4) is 0 Å². The number of alkyl halides is 1. The van der Waals surface area contributed by atoms with Gasteiger partial charge in [0.2, 0.25) is 0 Å². The smallest absolute Gasteiger partial charge is 0.196 e. The molecule has 0 bridgehead atoms. The first kappa shape index (κ1) is 21.6. The van der Waals surface area contributed by atoms with Crippen molar-refractivity contribution in [2.75, 3.05) is 17.2 Å². The largest absolute Gasteiger partial charge is 0.367 e. The molecule has 1 aliphatic carbocycles. The first-order valence-corrected chi connectivity index (χ1v) is 11.8. The number of H-pyrrole nitrogens is 1. The maximum Gasteiger partial charge on any atom is 0.196 e. The number of halogens is 1. The summed E-state index contributed by atoms with van der Waals surface area (Å²) in [4.78, 5) is 14.9. The van der Waals surface area contributed by atoms with Gasteiger partial charge in [-0.05, 0) is 75.6 Å². The minimum atomic E-state index is -1.26. The molecule has 7 nitrogen and oxygen atoms in total.